The molecule has 3 heteroatoms. The van der Waals surface area contributed by atoms with Gasteiger partial charge in [-0.1, -0.05) is 43.3 Å². The first-order valence-electron chi connectivity index (χ1n) is 6.77. The van der Waals surface area contributed by atoms with E-state index >= 15 is 0 Å². The fourth-order valence-electron chi connectivity index (χ4n) is 1.66. The second kappa shape index (κ2) is 7.04. The molecule has 1 aromatic rings. The van der Waals surface area contributed by atoms with Crippen LogP contribution < -0.4 is 0 Å². The molecule has 1 atom stereocenters. The molecule has 0 spiro atoms. The molecule has 0 saturated heterocycles. The molecular formula is C17H22O3. The van der Waals surface area contributed by atoms with Gasteiger partial charge in [0.15, 0.2) is 5.78 Å². The highest BCUT2D eigenvalue weighted by Gasteiger charge is 2.17. The molecular weight excluding hydrogens is 252 g/mol. The van der Waals surface area contributed by atoms with Gasteiger partial charge < -0.3 is 4.74 Å². The standard InChI is InChI=1S/C17H22O3/c1-13(12-16(19)20-17(2,3)4)10-11-15(18)14-8-6-5-7-9-14/h5-11,13H,12H2,1-4H3. The molecule has 1 unspecified atom stereocenters. The van der Waals surface area contributed by atoms with Crippen molar-refractivity contribution in [1.29, 1.82) is 0 Å². The molecule has 0 fully saturated rings. The van der Waals surface area contributed by atoms with Crippen LogP contribution in [0.3, 0.4) is 0 Å². The minimum Gasteiger partial charge on any atom is -0.460 e. The quantitative estimate of drug-likeness (QED) is 0.466. The molecule has 0 amide bonds. The smallest absolute Gasteiger partial charge is 0.306 e. The molecule has 108 valence electrons. The van der Waals surface area contributed by atoms with Crippen molar-refractivity contribution in [2.75, 3.05) is 0 Å². The lowest BCUT2D eigenvalue weighted by atomic mass is 10.0. The van der Waals surface area contributed by atoms with Crippen molar-refractivity contribution in [3.8, 4) is 0 Å². The van der Waals surface area contributed by atoms with Crippen molar-refractivity contribution in [1.82, 2.24) is 0 Å². The lowest BCUT2D eigenvalue weighted by molar-refractivity contribution is -0.155. The highest BCUT2D eigenvalue weighted by atomic mass is 16.6. The van der Waals surface area contributed by atoms with E-state index in [0.29, 0.717) is 5.56 Å². The van der Waals surface area contributed by atoms with Gasteiger partial charge in [0, 0.05) is 5.56 Å². The zero-order valence-corrected chi connectivity index (χ0v) is 12.6. The van der Waals surface area contributed by atoms with Crippen LogP contribution in [0.15, 0.2) is 42.5 Å². The predicted molar refractivity (Wildman–Crippen MR) is 79.5 cm³/mol. The zero-order valence-electron chi connectivity index (χ0n) is 12.6. The summed E-state index contributed by atoms with van der Waals surface area (Å²) in [7, 11) is 0. The Kier molecular flexibility index (Phi) is 5.68. The maximum atomic E-state index is 11.9. The number of carbonyl (C=O) groups excluding carboxylic acids is 2. The Morgan fingerprint density at radius 1 is 1.20 bits per heavy atom. The molecule has 20 heavy (non-hydrogen) atoms. The SMILES string of the molecule is CC(C=CC(=O)c1ccccc1)CC(=O)OC(C)(C)C. The zero-order chi connectivity index (χ0) is 15.2. The Labute approximate surface area is 120 Å². The highest BCUT2D eigenvalue weighted by Crippen LogP contribution is 2.13. The van der Waals surface area contributed by atoms with Crippen LogP contribution in [0, 0.1) is 5.92 Å². The van der Waals surface area contributed by atoms with Crippen LogP contribution in [0.1, 0.15) is 44.5 Å². The molecule has 0 radical (unpaired) electrons. The van der Waals surface area contributed by atoms with E-state index in [1.807, 2.05) is 45.9 Å². The monoisotopic (exact) mass is 274 g/mol. The topological polar surface area (TPSA) is 43.4 Å². The van der Waals surface area contributed by atoms with Crippen molar-refractivity contribution in [2.45, 2.75) is 39.7 Å². The first-order chi connectivity index (χ1) is 9.28. The summed E-state index contributed by atoms with van der Waals surface area (Å²) in [6, 6.07) is 9.05. The minimum absolute atomic E-state index is 0.0301. The average molecular weight is 274 g/mol. The molecule has 0 aliphatic heterocycles. The average Bonchev–Trinajstić information content (AvgIpc) is 2.34. The molecule has 1 aromatic carbocycles. The van der Waals surface area contributed by atoms with E-state index in [1.54, 1.807) is 18.2 Å². The summed E-state index contributed by atoms with van der Waals surface area (Å²) in [5, 5.41) is 0. The van der Waals surface area contributed by atoms with E-state index in [2.05, 4.69) is 0 Å². The number of carbonyl (C=O) groups is 2. The molecule has 0 saturated carbocycles. The Morgan fingerprint density at radius 2 is 1.80 bits per heavy atom. The maximum absolute atomic E-state index is 11.9. The molecule has 1 rings (SSSR count). The number of hydrogen-bond acceptors (Lipinski definition) is 3. The predicted octanol–water partition coefficient (Wildman–Crippen LogP) is 3.79. The van der Waals surface area contributed by atoms with Crippen LogP contribution in [-0.4, -0.2) is 17.4 Å². The number of hydrogen-bond donors (Lipinski definition) is 0. The highest BCUT2D eigenvalue weighted by molar-refractivity contribution is 6.04. The van der Waals surface area contributed by atoms with Crippen molar-refractivity contribution < 1.29 is 14.3 Å². The van der Waals surface area contributed by atoms with Crippen LogP contribution in [0.5, 0.6) is 0 Å². The number of ketones is 1. The minimum atomic E-state index is -0.472. The molecule has 3 nitrogen and oxygen atoms in total. The van der Waals surface area contributed by atoms with Gasteiger partial charge in [0.2, 0.25) is 0 Å². The third-order valence-corrected chi connectivity index (χ3v) is 2.54. The number of rotatable bonds is 5. The van der Waals surface area contributed by atoms with Crippen molar-refractivity contribution in [2.24, 2.45) is 5.92 Å². The lowest BCUT2D eigenvalue weighted by Crippen LogP contribution is -2.24. The largest absolute Gasteiger partial charge is 0.460 e. The Morgan fingerprint density at radius 3 is 2.35 bits per heavy atom. The van der Waals surface area contributed by atoms with Gasteiger partial charge in [-0.2, -0.15) is 0 Å². The van der Waals surface area contributed by atoms with Gasteiger partial charge in [-0.25, -0.2) is 0 Å². The van der Waals surface area contributed by atoms with Crippen LogP contribution >= 0.6 is 0 Å². The molecule has 0 bridgehead atoms. The van der Waals surface area contributed by atoms with Crippen molar-refractivity contribution in [3.63, 3.8) is 0 Å². The molecule has 0 N–H and O–H groups in total. The van der Waals surface area contributed by atoms with Crippen LogP contribution in [0.25, 0.3) is 0 Å². The summed E-state index contributed by atoms with van der Waals surface area (Å²) in [6.07, 6.45) is 3.54. The van der Waals surface area contributed by atoms with Gasteiger partial charge >= 0.3 is 5.97 Å². The molecule has 0 heterocycles. The summed E-state index contributed by atoms with van der Waals surface area (Å²) < 4.78 is 5.24. The van der Waals surface area contributed by atoms with Gasteiger partial charge in [0.1, 0.15) is 5.60 Å². The van der Waals surface area contributed by atoms with Gasteiger partial charge in [-0.05, 0) is 32.8 Å². The van der Waals surface area contributed by atoms with Crippen molar-refractivity contribution >= 4 is 11.8 Å². The van der Waals surface area contributed by atoms with Crippen LogP contribution in [0.2, 0.25) is 0 Å². The molecule has 0 aliphatic carbocycles. The second-order valence-corrected chi connectivity index (χ2v) is 5.86. The summed E-state index contributed by atoms with van der Waals surface area (Å²) >= 11 is 0. The Hall–Kier alpha value is -1.90. The second-order valence-electron chi connectivity index (χ2n) is 5.86. The van der Waals surface area contributed by atoms with E-state index < -0.39 is 5.60 Å². The molecule has 0 aromatic heterocycles. The van der Waals surface area contributed by atoms with E-state index in [0.717, 1.165) is 0 Å². The molecule has 0 aliphatic rings. The number of esters is 1. The normalized spacial score (nSPS) is 13.2. The third-order valence-electron chi connectivity index (χ3n) is 2.54. The number of allylic oxidation sites excluding steroid dienone is 2. The fourth-order valence-corrected chi connectivity index (χ4v) is 1.66. The number of benzene rings is 1. The van der Waals surface area contributed by atoms with E-state index in [1.165, 1.54) is 6.08 Å². The van der Waals surface area contributed by atoms with Crippen LogP contribution in [0.4, 0.5) is 0 Å². The fraction of sp³-hybridized carbons (Fsp3) is 0.412. The first kappa shape index (κ1) is 16.2. The third kappa shape index (κ3) is 6.32. The lowest BCUT2D eigenvalue weighted by Gasteiger charge is -2.20. The van der Waals surface area contributed by atoms with Gasteiger partial charge in [-0.3, -0.25) is 9.59 Å². The van der Waals surface area contributed by atoms with E-state index in [-0.39, 0.29) is 24.1 Å². The van der Waals surface area contributed by atoms with Gasteiger partial charge in [-0.15, -0.1) is 0 Å². The van der Waals surface area contributed by atoms with Gasteiger partial charge in [0.25, 0.3) is 0 Å². The first-order valence-corrected chi connectivity index (χ1v) is 6.77. The van der Waals surface area contributed by atoms with Crippen LogP contribution in [-0.2, 0) is 9.53 Å². The Bertz CT molecular complexity index is 481. The van der Waals surface area contributed by atoms with E-state index in [4.69, 9.17) is 4.74 Å². The number of ether oxygens (including phenoxy) is 1. The van der Waals surface area contributed by atoms with Crippen molar-refractivity contribution in [3.05, 3.63) is 48.0 Å². The Balaban J connectivity index is 2.50. The maximum Gasteiger partial charge on any atom is 0.306 e. The summed E-state index contributed by atoms with van der Waals surface area (Å²) in [4.78, 5) is 23.5. The van der Waals surface area contributed by atoms with E-state index in [9.17, 15) is 9.59 Å². The summed E-state index contributed by atoms with van der Waals surface area (Å²) in [6.45, 7) is 7.40. The van der Waals surface area contributed by atoms with Gasteiger partial charge in [0.05, 0.1) is 6.42 Å². The summed E-state index contributed by atoms with van der Waals surface area (Å²) in [5.74, 6) is -0.332. The summed E-state index contributed by atoms with van der Waals surface area (Å²) in [5.41, 5.74) is 0.175.